The van der Waals surface area contributed by atoms with E-state index < -0.39 is 0 Å². The van der Waals surface area contributed by atoms with Crippen LogP contribution in [0, 0.1) is 0 Å². The van der Waals surface area contributed by atoms with Crippen LogP contribution in [0.2, 0.25) is 0 Å². The highest BCUT2D eigenvalue weighted by Gasteiger charge is 2.16. The molecule has 1 fully saturated rings. The maximum Gasteiger partial charge on any atom is 0.164 e. The van der Waals surface area contributed by atoms with E-state index in [1.165, 1.54) is 0 Å². The molecule has 1 aromatic rings. The zero-order valence-electron chi connectivity index (χ0n) is 12.8. The van der Waals surface area contributed by atoms with Gasteiger partial charge in [-0.05, 0) is 18.9 Å². The minimum atomic E-state index is 0. The minimum absolute atomic E-state index is 0. The highest BCUT2D eigenvalue weighted by Crippen LogP contribution is 2.34. The molecular weight excluding hydrogens is 294 g/mol. The van der Waals surface area contributed by atoms with Crippen LogP contribution in [0.5, 0.6) is 17.2 Å². The minimum Gasteiger partial charge on any atom is -0.496 e. The highest BCUT2D eigenvalue weighted by molar-refractivity contribution is 5.85. The van der Waals surface area contributed by atoms with Crippen LogP contribution in [0.15, 0.2) is 12.1 Å². The van der Waals surface area contributed by atoms with Gasteiger partial charge in [0.15, 0.2) is 11.5 Å². The van der Waals surface area contributed by atoms with Gasteiger partial charge in [-0.2, -0.15) is 0 Å². The molecule has 1 unspecified atom stereocenters. The largest absolute Gasteiger partial charge is 0.496 e. The second kappa shape index (κ2) is 8.97. The molecule has 0 spiro atoms. The maximum atomic E-state index is 5.59. The van der Waals surface area contributed by atoms with Gasteiger partial charge in [-0.3, -0.25) is 0 Å². The highest BCUT2D eigenvalue weighted by atomic mass is 35.5. The van der Waals surface area contributed by atoms with E-state index in [2.05, 4.69) is 5.32 Å². The summed E-state index contributed by atoms with van der Waals surface area (Å²) in [6, 6.07) is 3.79. The molecule has 120 valence electrons. The van der Waals surface area contributed by atoms with E-state index in [0.717, 1.165) is 37.3 Å². The fourth-order valence-electron chi connectivity index (χ4n) is 2.40. The molecule has 6 heteroatoms. The molecule has 1 heterocycles. The van der Waals surface area contributed by atoms with Gasteiger partial charge in [0.25, 0.3) is 0 Å². The number of hydrogen-bond acceptors (Lipinski definition) is 5. The van der Waals surface area contributed by atoms with Gasteiger partial charge in [-0.1, -0.05) is 0 Å². The predicted octanol–water partition coefficient (Wildman–Crippen LogP) is 2.40. The smallest absolute Gasteiger partial charge is 0.164 e. The summed E-state index contributed by atoms with van der Waals surface area (Å²) in [7, 11) is 4.91. The topological polar surface area (TPSA) is 49.0 Å². The van der Waals surface area contributed by atoms with Crippen molar-refractivity contribution < 1.29 is 18.9 Å². The van der Waals surface area contributed by atoms with E-state index in [4.69, 9.17) is 18.9 Å². The Labute approximate surface area is 132 Å². The maximum absolute atomic E-state index is 5.59. The first-order valence-corrected chi connectivity index (χ1v) is 6.89. The van der Waals surface area contributed by atoms with Gasteiger partial charge < -0.3 is 24.3 Å². The molecule has 21 heavy (non-hydrogen) atoms. The van der Waals surface area contributed by atoms with Crippen molar-refractivity contribution in [2.45, 2.75) is 25.5 Å². The average molecular weight is 318 g/mol. The van der Waals surface area contributed by atoms with E-state index >= 15 is 0 Å². The van der Waals surface area contributed by atoms with Crippen LogP contribution in [0.3, 0.4) is 0 Å². The first-order chi connectivity index (χ1) is 9.78. The van der Waals surface area contributed by atoms with Crippen molar-refractivity contribution in [1.82, 2.24) is 5.32 Å². The zero-order valence-corrected chi connectivity index (χ0v) is 13.6. The molecule has 0 saturated carbocycles. The van der Waals surface area contributed by atoms with Crippen LogP contribution < -0.4 is 19.5 Å². The van der Waals surface area contributed by atoms with Gasteiger partial charge in [0.2, 0.25) is 0 Å². The summed E-state index contributed by atoms with van der Waals surface area (Å²) in [6.07, 6.45) is 2.63. The van der Waals surface area contributed by atoms with E-state index in [1.54, 1.807) is 21.3 Å². The van der Waals surface area contributed by atoms with Crippen molar-refractivity contribution in [1.29, 1.82) is 0 Å². The van der Waals surface area contributed by atoms with Gasteiger partial charge >= 0.3 is 0 Å². The second-order valence-corrected chi connectivity index (χ2v) is 4.78. The fourth-order valence-corrected chi connectivity index (χ4v) is 2.40. The van der Waals surface area contributed by atoms with E-state index in [9.17, 15) is 0 Å². The lowest BCUT2D eigenvalue weighted by Gasteiger charge is -2.15. The number of rotatable bonds is 7. The Bertz CT molecular complexity index is 436. The molecule has 1 aliphatic rings. The zero-order chi connectivity index (χ0) is 14.4. The molecule has 1 N–H and O–H groups in total. The summed E-state index contributed by atoms with van der Waals surface area (Å²) in [4.78, 5) is 0. The monoisotopic (exact) mass is 317 g/mol. The summed E-state index contributed by atoms with van der Waals surface area (Å²) < 4.78 is 21.6. The number of halogens is 1. The van der Waals surface area contributed by atoms with Crippen molar-refractivity contribution in [3.63, 3.8) is 0 Å². The lowest BCUT2D eigenvalue weighted by molar-refractivity contribution is 0.110. The predicted molar refractivity (Wildman–Crippen MR) is 84.0 cm³/mol. The second-order valence-electron chi connectivity index (χ2n) is 4.78. The molecule has 1 atom stereocenters. The van der Waals surface area contributed by atoms with Crippen molar-refractivity contribution in [2.24, 2.45) is 0 Å². The molecule has 1 aliphatic heterocycles. The fraction of sp³-hybridized carbons (Fsp3) is 0.600. The van der Waals surface area contributed by atoms with Crippen molar-refractivity contribution in [2.75, 3.05) is 34.5 Å². The Morgan fingerprint density at radius 2 is 1.76 bits per heavy atom. The van der Waals surface area contributed by atoms with Crippen LogP contribution in [0.1, 0.15) is 18.4 Å². The van der Waals surface area contributed by atoms with Crippen LogP contribution in [0.4, 0.5) is 0 Å². The average Bonchev–Trinajstić information content (AvgIpc) is 2.99. The Hall–Kier alpha value is -1.17. The van der Waals surface area contributed by atoms with Gasteiger partial charge in [0, 0.05) is 31.3 Å². The van der Waals surface area contributed by atoms with Gasteiger partial charge in [0.1, 0.15) is 5.75 Å². The molecule has 5 nitrogen and oxygen atoms in total. The summed E-state index contributed by atoms with van der Waals surface area (Å²) in [5.74, 6) is 2.18. The summed E-state index contributed by atoms with van der Waals surface area (Å²) in [5.41, 5.74) is 1.04. The summed E-state index contributed by atoms with van der Waals surface area (Å²) in [6.45, 7) is 2.45. The lowest BCUT2D eigenvalue weighted by atomic mass is 10.1. The molecular formula is C15H24ClNO4. The van der Waals surface area contributed by atoms with Crippen LogP contribution >= 0.6 is 12.4 Å². The van der Waals surface area contributed by atoms with E-state index in [1.807, 2.05) is 12.1 Å². The summed E-state index contributed by atoms with van der Waals surface area (Å²) >= 11 is 0. The molecule has 2 rings (SSSR count). The number of hydrogen-bond donors (Lipinski definition) is 1. The number of ether oxygens (including phenoxy) is 4. The third-order valence-corrected chi connectivity index (χ3v) is 3.50. The van der Waals surface area contributed by atoms with Gasteiger partial charge in [-0.25, -0.2) is 0 Å². The summed E-state index contributed by atoms with van der Waals surface area (Å²) in [5, 5.41) is 3.41. The van der Waals surface area contributed by atoms with Crippen LogP contribution in [-0.4, -0.2) is 40.6 Å². The molecule has 1 aromatic carbocycles. The van der Waals surface area contributed by atoms with Crippen molar-refractivity contribution in [3.8, 4) is 17.2 Å². The molecule has 1 saturated heterocycles. The number of benzene rings is 1. The Morgan fingerprint density at radius 1 is 1.10 bits per heavy atom. The lowest BCUT2D eigenvalue weighted by Crippen LogP contribution is -2.26. The molecule has 0 radical (unpaired) electrons. The standard InChI is InChI=1S/C15H23NO4.ClH/c1-17-13-8-15(19-3)14(18-2)7-11(13)9-16-10-12-5-4-6-20-12;/h7-8,12,16H,4-6,9-10H2,1-3H3;1H. The third kappa shape index (κ3) is 4.66. The molecule has 0 amide bonds. The quantitative estimate of drug-likeness (QED) is 0.837. The third-order valence-electron chi connectivity index (χ3n) is 3.50. The van der Waals surface area contributed by atoms with Crippen molar-refractivity contribution in [3.05, 3.63) is 17.7 Å². The van der Waals surface area contributed by atoms with E-state index in [-0.39, 0.29) is 12.4 Å². The Balaban J connectivity index is 0.00000220. The Kier molecular flexibility index (Phi) is 7.64. The van der Waals surface area contributed by atoms with Crippen LogP contribution in [0.25, 0.3) is 0 Å². The Morgan fingerprint density at radius 3 is 2.33 bits per heavy atom. The number of nitrogens with one attached hydrogen (secondary N) is 1. The van der Waals surface area contributed by atoms with Crippen molar-refractivity contribution >= 4 is 12.4 Å². The molecule has 0 aromatic heterocycles. The molecule has 0 bridgehead atoms. The number of methoxy groups -OCH3 is 3. The molecule has 0 aliphatic carbocycles. The van der Waals surface area contributed by atoms with E-state index in [0.29, 0.717) is 24.1 Å². The van der Waals surface area contributed by atoms with Crippen LogP contribution in [-0.2, 0) is 11.3 Å². The normalized spacial score (nSPS) is 17.2. The van der Waals surface area contributed by atoms with Gasteiger partial charge in [-0.15, -0.1) is 12.4 Å². The first kappa shape index (κ1) is 17.9. The van der Waals surface area contributed by atoms with Gasteiger partial charge in [0.05, 0.1) is 27.4 Å². The first-order valence-electron chi connectivity index (χ1n) is 6.89. The SMILES string of the molecule is COc1cc(OC)c(OC)cc1CNCC1CCCO1.Cl.